The molecule has 0 N–H and O–H groups in total. The molecule has 24 heavy (non-hydrogen) atoms. The molecule has 0 spiro atoms. The highest BCUT2D eigenvalue weighted by atomic mass is 35.5. The van der Waals surface area contributed by atoms with Crippen molar-refractivity contribution in [3.8, 4) is 0 Å². The van der Waals surface area contributed by atoms with Gasteiger partial charge in [-0.2, -0.15) is 0 Å². The first kappa shape index (κ1) is 16.9. The zero-order valence-corrected chi connectivity index (χ0v) is 13.9. The van der Waals surface area contributed by atoms with Crippen LogP contribution >= 0.6 is 11.6 Å². The molecule has 1 atom stereocenters. The second kappa shape index (κ2) is 7.73. The third-order valence-corrected chi connectivity index (χ3v) is 4.20. The summed E-state index contributed by atoms with van der Waals surface area (Å²) in [5, 5.41) is 0.277. The maximum Gasteiger partial charge on any atom is 0.254 e. The predicted octanol–water partition coefficient (Wildman–Crippen LogP) is 3.70. The fraction of sp³-hybridized carbons (Fsp3) is 0.333. The minimum atomic E-state index is -0.295. The van der Waals surface area contributed by atoms with Crippen molar-refractivity contribution < 1.29 is 13.9 Å². The van der Waals surface area contributed by atoms with Crippen molar-refractivity contribution in [2.45, 2.75) is 25.5 Å². The molecule has 1 saturated heterocycles. The number of hydrogen-bond donors (Lipinski definition) is 0. The number of hydrogen-bond acceptors (Lipinski definition) is 3. The van der Waals surface area contributed by atoms with Gasteiger partial charge in [-0.25, -0.2) is 9.37 Å². The summed E-state index contributed by atoms with van der Waals surface area (Å²) in [7, 11) is 0. The molecule has 2 heterocycles. The fourth-order valence-corrected chi connectivity index (χ4v) is 2.96. The molecule has 0 radical (unpaired) electrons. The maximum atomic E-state index is 13.1. The number of rotatable bonds is 5. The van der Waals surface area contributed by atoms with Crippen LogP contribution in [0.3, 0.4) is 0 Å². The van der Waals surface area contributed by atoms with E-state index in [9.17, 15) is 9.18 Å². The molecular weight excluding hydrogens is 331 g/mol. The van der Waals surface area contributed by atoms with Crippen LogP contribution in [0.15, 0.2) is 42.6 Å². The highest BCUT2D eigenvalue weighted by Crippen LogP contribution is 2.18. The summed E-state index contributed by atoms with van der Waals surface area (Å²) in [6, 6.07) is 9.36. The Labute approximate surface area is 145 Å². The zero-order valence-electron chi connectivity index (χ0n) is 13.1. The first-order valence-electron chi connectivity index (χ1n) is 7.89. The van der Waals surface area contributed by atoms with Gasteiger partial charge in [0, 0.05) is 31.5 Å². The van der Waals surface area contributed by atoms with Crippen LogP contribution in [0, 0.1) is 5.82 Å². The van der Waals surface area contributed by atoms with Crippen LogP contribution in [0.2, 0.25) is 5.15 Å². The van der Waals surface area contributed by atoms with E-state index < -0.39 is 0 Å². The number of aromatic nitrogens is 1. The van der Waals surface area contributed by atoms with Crippen molar-refractivity contribution in [3.05, 3.63) is 64.7 Å². The Kier molecular flexibility index (Phi) is 5.43. The van der Waals surface area contributed by atoms with Gasteiger partial charge >= 0.3 is 0 Å². The first-order valence-corrected chi connectivity index (χ1v) is 8.26. The summed E-state index contributed by atoms with van der Waals surface area (Å²) >= 11 is 5.89. The van der Waals surface area contributed by atoms with Crippen molar-refractivity contribution in [2.75, 3.05) is 13.2 Å². The number of nitrogens with zero attached hydrogens (tertiary/aromatic N) is 2. The van der Waals surface area contributed by atoms with Gasteiger partial charge in [0.2, 0.25) is 0 Å². The molecule has 1 aromatic heterocycles. The fourth-order valence-electron chi connectivity index (χ4n) is 2.78. The van der Waals surface area contributed by atoms with Gasteiger partial charge in [-0.05, 0) is 42.7 Å². The topological polar surface area (TPSA) is 42.4 Å². The summed E-state index contributed by atoms with van der Waals surface area (Å²) in [6.45, 7) is 1.61. The van der Waals surface area contributed by atoms with E-state index in [1.165, 1.54) is 18.3 Å². The lowest BCUT2D eigenvalue weighted by Gasteiger charge is -2.26. The number of amides is 1. The van der Waals surface area contributed by atoms with E-state index in [0.717, 1.165) is 25.0 Å². The lowest BCUT2D eigenvalue weighted by molar-refractivity contribution is 0.0507. The van der Waals surface area contributed by atoms with Gasteiger partial charge in [0.25, 0.3) is 5.91 Å². The molecule has 3 rings (SSSR count). The SMILES string of the molecule is O=C(c1ccnc(Cl)c1)N(Cc1ccc(F)cc1)C[C@H]1CCCO1. The molecule has 0 unspecified atom stereocenters. The summed E-state index contributed by atoms with van der Waals surface area (Å²) in [6.07, 6.45) is 3.48. The summed E-state index contributed by atoms with van der Waals surface area (Å²) in [4.78, 5) is 18.5. The maximum absolute atomic E-state index is 13.1. The molecule has 1 amide bonds. The van der Waals surface area contributed by atoms with Crippen LogP contribution in [0.5, 0.6) is 0 Å². The van der Waals surface area contributed by atoms with Crippen molar-refractivity contribution >= 4 is 17.5 Å². The summed E-state index contributed by atoms with van der Waals surface area (Å²) in [5.74, 6) is -0.434. The molecule has 6 heteroatoms. The molecule has 1 aromatic carbocycles. The molecule has 2 aromatic rings. The second-order valence-corrected chi connectivity index (χ2v) is 6.20. The molecule has 0 bridgehead atoms. The predicted molar refractivity (Wildman–Crippen MR) is 89.4 cm³/mol. The minimum absolute atomic E-state index is 0.0340. The Bertz CT molecular complexity index is 702. The average molecular weight is 349 g/mol. The highest BCUT2D eigenvalue weighted by molar-refractivity contribution is 6.29. The third-order valence-electron chi connectivity index (χ3n) is 4.00. The lowest BCUT2D eigenvalue weighted by Crippen LogP contribution is -2.37. The molecular formula is C18H18ClFN2O2. The zero-order chi connectivity index (χ0) is 16.9. The molecule has 1 aliphatic heterocycles. The molecule has 4 nitrogen and oxygen atoms in total. The summed E-state index contributed by atoms with van der Waals surface area (Å²) < 4.78 is 18.8. The smallest absolute Gasteiger partial charge is 0.254 e. The Morgan fingerprint density at radius 3 is 2.79 bits per heavy atom. The standard InChI is InChI=1S/C18H18ClFN2O2/c19-17-10-14(7-8-21-17)18(23)22(12-16-2-1-9-24-16)11-13-3-5-15(20)6-4-13/h3-8,10,16H,1-2,9,11-12H2/t16-/m1/s1. The van der Waals surface area contributed by atoms with Crippen LogP contribution in [0.1, 0.15) is 28.8 Å². The minimum Gasteiger partial charge on any atom is -0.376 e. The molecule has 0 saturated carbocycles. The average Bonchev–Trinajstić information content (AvgIpc) is 3.09. The highest BCUT2D eigenvalue weighted by Gasteiger charge is 2.24. The van der Waals surface area contributed by atoms with Crippen LogP contribution in [-0.4, -0.2) is 35.0 Å². The summed E-state index contributed by atoms with van der Waals surface area (Å²) in [5.41, 5.74) is 1.35. The van der Waals surface area contributed by atoms with Crippen molar-refractivity contribution in [1.82, 2.24) is 9.88 Å². The van der Waals surface area contributed by atoms with Gasteiger partial charge < -0.3 is 9.64 Å². The normalized spacial score (nSPS) is 17.0. The number of benzene rings is 1. The van der Waals surface area contributed by atoms with Gasteiger partial charge in [0.15, 0.2) is 0 Å². The Hall–Kier alpha value is -1.98. The van der Waals surface area contributed by atoms with Gasteiger partial charge in [0.1, 0.15) is 11.0 Å². The van der Waals surface area contributed by atoms with Crippen LogP contribution in [-0.2, 0) is 11.3 Å². The van der Waals surface area contributed by atoms with Crippen molar-refractivity contribution in [2.24, 2.45) is 0 Å². The Balaban J connectivity index is 1.80. The molecule has 1 fully saturated rings. The van der Waals surface area contributed by atoms with E-state index in [-0.39, 0.29) is 23.0 Å². The largest absolute Gasteiger partial charge is 0.376 e. The number of halogens is 2. The van der Waals surface area contributed by atoms with E-state index in [1.54, 1.807) is 29.2 Å². The van der Waals surface area contributed by atoms with Gasteiger partial charge in [0.05, 0.1) is 6.10 Å². The number of carbonyl (C=O) groups excluding carboxylic acids is 1. The lowest BCUT2D eigenvalue weighted by atomic mass is 10.1. The first-order chi connectivity index (χ1) is 11.6. The van der Waals surface area contributed by atoms with Gasteiger partial charge in [-0.3, -0.25) is 4.79 Å². The quantitative estimate of drug-likeness (QED) is 0.774. The van der Waals surface area contributed by atoms with E-state index in [0.29, 0.717) is 18.7 Å². The van der Waals surface area contributed by atoms with E-state index in [4.69, 9.17) is 16.3 Å². The number of pyridine rings is 1. The molecule has 0 aliphatic carbocycles. The van der Waals surface area contributed by atoms with Crippen molar-refractivity contribution in [1.29, 1.82) is 0 Å². The number of carbonyl (C=O) groups is 1. The third kappa shape index (κ3) is 4.30. The Morgan fingerprint density at radius 2 is 2.12 bits per heavy atom. The number of ether oxygens (including phenoxy) is 1. The van der Waals surface area contributed by atoms with E-state index in [1.807, 2.05) is 0 Å². The molecule has 1 aliphatic rings. The van der Waals surface area contributed by atoms with E-state index in [2.05, 4.69) is 4.98 Å². The van der Waals surface area contributed by atoms with Crippen LogP contribution in [0.4, 0.5) is 4.39 Å². The van der Waals surface area contributed by atoms with Crippen LogP contribution < -0.4 is 0 Å². The monoisotopic (exact) mass is 348 g/mol. The molecule has 126 valence electrons. The van der Waals surface area contributed by atoms with Gasteiger partial charge in [-0.15, -0.1) is 0 Å². The Morgan fingerprint density at radius 1 is 1.33 bits per heavy atom. The van der Waals surface area contributed by atoms with Gasteiger partial charge in [-0.1, -0.05) is 23.7 Å². The second-order valence-electron chi connectivity index (χ2n) is 5.81. The van der Waals surface area contributed by atoms with Crippen LogP contribution in [0.25, 0.3) is 0 Å². The van der Waals surface area contributed by atoms with Crippen molar-refractivity contribution in [3.63, 3.8) is 0 Å². The van der Waals surface area contributed by atoms with E-state index >= 15 is 0 Å².